The molecule has 0 saturated heterocycles. The number of allylic oxidation sites excluding steroid dienone is 6. The number of hydrogen-bond acceptors (Lipinski definition) is 1. The Morgan fingerprint density at radius 3 is 3.05 bits per heavy atom. The summed E-state index contributed by atoms with van der Waals surface area (Å²) in [4.78, 5) is 2.42. The lowest BCUT2D eigenvalue weighted by molar-refractivity contribution is 0.332. The van der Waals surface area contributed by atoms with E-state index in [1.807, 2.05) is 6.92 Å². The van der Waals surface area contributed by atoms with Crippen LogP contribution in [0.4, 0.5) is 0 Å². The minimum absolute atomic E-state index is 0.454. The molecule has 1 aliphatic carbocycles. The SMILES string of the molecule is C/C=C\C=C1\C=CN(C(CCCl)C2=CC=CCC2)C1. The van der Waals surface area contributed by atoms with Crippen molar-refractivity contribution < 1.29 is 0 Å². The molecule has 1 heterocycles. The smallest absolute Gasteiger partial charge is 0.0515 e. The van der Waals surface area contributed by atoms with E-state index in [-0.39, 0.29) is 0 Å². The molecule has 2 heteroatoms. The van der Waals surface area contributed by atoms with E-state index in [2.05, 4.69) is 53.6 Å². The van der Waals surface area contributed by atoms with Crippen LogP contribution in [0.1, 0.15) is 26.2 Å². The van der Waals surface area contributed by atoms with Gasteiger partial charge in [0.2, 0.25) is 0 Å². The van der Waals surface area contributed by atoms with Crippen LogP contribution < -0.4 is 0 Å². The first kappa shape index (κ1) is 14.2. The number of nitrogens with zero attached hydrogens (tertiary/aromatic N) is 1. The maximum atomic E-state index is 5.99. The molecule has 0 fully saturated rings. The maximum absolute atomic E-state index is 5.99. The van der Waals surface area contributed by atoms with Gasteiger partial charge in [-0.2, -0.15) is 0 Å². The molecule has 0 spiro atoms. The van der Waals surface area contributed by atoms with Crippen molar-refractivity contribution in [1.82, 2.24) is 4.90 Å². The lowest BCUT2D eigenvalue weighted by Crippen LogP contribution is -2.32. The Morgan fingerprint density at radius 2 is 2.37 bits per heavy atom. The molecule has 0 bridgehead atoms. The number of rotatable bonds is 5. The summed E-state index contributed by atoms with van der Waals surface area (Å²) in [6.07, 6.45) is 20.8. The summed E-state index contributed by atoms with van der Waals surface area (Å²) in [5.74, 6) is 0.712. The van der Waals surface area contributed by atoms with E-state index in [4.69, 9.17) is 11.6 Å². The first-order chi connectivity index (χ1) is 9.35. The molecule has 19 heavy (non-hydrogen) atoms. The summed E-state index contributed by atoms with van der Waals surface area (Å²) in [6.45, 7) is 3.04. The third-order valence-electron chi connectivity index (χ3n) is 3.60. The summed E-state index contributed by atoms with van der Waals surface area (Å²) in [7, 11) is 0. The molecule has 2 rings (SSSR count). The number of halogens is 1. The third kappa shape index (κ3) is 3.87. The van der Waals surface area contributed by atoms with E-state index in [0.29, 0.717) is 11.9 Å². The molecule has 0 aromatic heterocycles. The van der Waals surface area contributed by atoms with Crippen LogP contribution in [0.25, 0.3) is 0 Å². The normalized spacial score (nSPS) is 22.5. The van der Waals surface area contributed by atoms with Crippen molar-refractivity contribution in [1.29, 1.82) is 0 Å². The molecule has 102 valence electrons. The minimum Gasteiger partial charge on any atom is -0.366 e. The van der Waals surface area contributed by atoms with Crippen LogP contribution in [0.15, 0.2) is 59.9 Å². The lowest BCUT2D eigenvalue weighted by Gasteiger charge is -2.30. The number of hydrogen-bond donors (Lipinski definition) is 0. The average molecular weight is 276 g/mol. The molecule has 0 aromatic rings. The van der Waals surface area contributed by atoms with Gasteiger partial charge in [-0.15, -0.1) is 11.6 Å². The van der Waals surface area contributed by atoms with Crippen molar-refractivity contribution >= 4 is 11.6 Å². The molecule has 0 saturated carbocycles. The monoisotopic (exact) mass is 275 g/mol. The fourth-order valence-electron chi connectivity index (χ4n) is 2.62. The molecule has 2 aliphatic rings. The Morgan fingerprint density at radius 1 is 1.47 bits per heavy atom. The molecule has 0 N–H and O–H groups in total. The van der Waals surface area contributed by atoms with Crippen LogP contribution in [0.3, 0.4) is 0 Å². The van der Waals surface area contributed by atoms with Gasteiger partial charge in [-0.05, 0) is 43.4 Å². The Balaban J connectivity index is 2.07. The predicted octanol–water partition coefficient (Wildman–Crippen LogP) is 4.59. The third-order valence-corrected chi connectivity index (χ3v) is 3.82. The summed E-state index contributed by atoms with van der Waals surface area (Å²) in [6, 6.07) is 0.454. The quantitative estimate of drug-likeness (QED) is 0.663. The van der Waals surface area contributed by atoms with E-state index in [0.717, 1.165) is 25.8 Å². The van der Waals surface area contributed by atoms with Gasteiger partial charge in [-0.1, -0.05) is 36.5 Å². The Bertz CT molecular complexity index is 440. The molecule has 0 amide bonds. The van der Waals surface area contributed by atoms with Crippen molar-refractivity contribution in [3.05, 3.63) is 59.9 Å². The predicted molar refractivity (Wildman–Crippen MR) is 84.3 cm³/mol. The highest BCUT2D eigenvalue weighted by Crippen LogP contribution is 2.26. The highest BCUT2D eigenvalue weighted by molar-refractivity contribution is 6.17. The first-order valence-electron chi connectivity index (χ1n) is 7.02. The zero-order valence-electron chi connectivity index (χ0n) is 11.6. The average Bonchev–Trinajstić information content (AvgIpc) is 2.92. The first-order valence-corrected chi connectivity index (χ1v) is 7.56. The lowest BCUT2D eigenvalue weighted by atomic mass is 9.95. The maximum Gasteiger partial charge on any atom is 0.0515 e. The fourth-order valence-corrected chi connectivity index (χ4v) is 2.82. The topological polar surface area (TPSA) is 3.24 Å². The van der Waals surface area contributed by atoms with Crippen LogP contribution >= 0.6 is 11.6 Å². The molecular weight excluding hydrogens is 254 g/mol. The Kier molecular flexibility index (Phi) is 5.53. The van der Waals surface area contributed by atoms with Gasteiger partial charge in [-0.3, -0.25) is 0 Å². The Labute approximate surface area is 121 Å². The highest BCUT2D eigenvalue weighted by Gasteiger charge is 2.22. The summed E-state index contributed by atoms with van der Waals surface area (Å²) in [5, 5.41) is 0. The summed E-state index contributed by atoms with van der Waals surface area (Å²) in [5.41, 5.74) is 2.88. The van der Waals surface area contributed by atoms with Crippen molar-refractivity contribution in [2.24, 2.45) is 0 Å². The van der Waals surface area contributed by atoms with Gasteiger partial charge in [-0.25, -0.2) is 0 Å². The Hall–Kier alpha value is -1.21. The second-order valence-corrected chi connectivity index (χ2v) is 5.34. The second kappa shape index (κ2) is 7.40. The van der Waals surface area contributed by atoms with Crippen LogP contribution in [0.5, 0.6) is 0 Å². The van der Waals surface area contributed by atoms with Crippen molar-refractivity contribution in [2.45, 2.75) is 32.2 Å². The number of alkyl halides is 1. The van der Waals surface area contributed by atoms with Gasteiger partial charge in [0, 0.05) is 18.6 Å². The van der Waals surface area contributed by atoms with E-state index in [1.54, 1.807) is 0 Å². The van der Waals surface area contributed by atoms with Crippen molar-refractivity contribution in [2.75, 3.05) is 12.4 Å². The molecule has 0 aromatic carbocycles. The standard InChI is InChI=1S/C17H22ClN/c1-2-3-7-15-11-13-19(14-15)17(10-12-18)16-8-5-4-6-9-16/h2-5,7-8,11,13,17H,6,9-10,12,14H2,1H3/b3-2-,15-7-. The van der Waals surface area contributed by atoms with E-state index in [9.17, 15) is 0 Å². The zero-order chi connectivity index (χ0) is 13.5. The molecule has 1 nitrogen and oxygen atoms in total. The fraction of sp³-hybridized carbons (Fsp3) is 0.412. The molecule has 0 radical (unpaired) electrons. The largest absolute Gasteiger partial charge is 0.366 e. The molecule has 1 atom stereocenters. The van der Waals surface area contributed by atoms with Crippen LogP contribution in [-0.4, -0.2) is 23.4 Å². The molecule has 1 aliphatic heterocycles. The van der Waals surface area contributed by atoms with Crippen molar-refractivity contribution in [3.63, 3.8) is 0 Å². The van der Waals surface area contributed by atoms with Gasteiger partial charge in [0.25, 0.3) is 0 Å². The van der Waals surface area contributed by atoms with E-state index >= 15 is 0 Å². The van der Waals surface area contributed by atoms with Gasteiger partial charge in [0.05, 0.1) is 6.04 Å². The van der Waals surface area contributed by atoms with Crippen molar-refractivity contribution in [3.8, 4) is 0 Å². The van der Waals surface area contributed by atoms with Gasteiger partial charge >= 0.3 is 0 Å². The van der Waals surface area contributed by atoms with Crippen LogP contribution in [0, 0.1) is 0 Å². The second-order valence-electron chi connectivity index (χ2n) is 4.96. The molecule has 1 unspecified atom stereocenters. The van der Waals surface area contributed by atoms with Crippen LogP contribution in [0.2, 0.25) is 0 Å². The van der Waals surface area contributed by atoms with E-state index < -0.39 is 0 Å². The summed E-state index contributed by atoms with van der Waals surface area (Å²) >= 11 is 5.99. The zero-order valence-corrected chi connectivity index (χ0v) is 12.3. The van der Waals surface area contributed by atoms with Gasteiger partial charge < -0.3 is 4.90 Å². The van der Waals surface area contributed by atoms with Gasteiger partial charge in [0.15, 0.2) is 0 Å². The van der Waals surface area contributed by atoms with Gasteiger partial charge in [0.1, 0.15) is 0 Å². The highest BCUT2D eigenvalue weighted by atomic mass is 35.5. The molecular formula is C17H22ClN. The van der Waals surface area contributed by atoms with E-state index in [1.165, 1.54) is 11.1 Å². The van der Waals surface area contributed by atoms with Crippen LogP contribution in [-0.2, 0) is 0 Å². The minimum atomic E-state index is 0.454. The summed E-state index contributed by atoms with van der Waals surface area (Å²) < 4.78 is 0.